The lowest BCUT2D eigenvalue weighted by molar-refractivity contribution is 0.0729. The summed E-state index contributed by atoms with van der Waals surface area (Å²) in [4.78, 5) is 12.0. The maximum Gasteiger partial charge on any atom is 0.251 e. The van der Waals surface area contributed by atoms with Crippen LogP contribution >= 0.6 is 0 Å². The second-order valence-corrected chi connectivity index (χ2v) is 8.59. The summed E-state index contributed by atoms with van der Waals surface area (Å²) in [6.07, 6.45) is 0. The zero-order chi connectivity index (χ0) is 20.1. The minimum absolute atomic E-state index is 0.0853. The van der Waals surface area contributed by atoms with Gasteiger partial charge in [0.25, 0.3) is 5.91 Å². The highest BCUT2D eigenvalue weighted by atomic mass is 32.2. The molecule has 1 atom stereocenters. The number of carbonyl (C=O) groups is 1. The van der Waals surface area contributed by atoms with Gasteiger partial charge in [-0.3, -0.25) is 4.79 Å². The average molecular weight is 406 g/mol. The summed E-state index contributed by atoms with van der Waals surface area (Å²) >= 11 is 0. The number of nitrogens with one attached hydrogen (secondary N) is 1. The Balaban J connectivity index is 1.74. The molecule has 6 nitrogen and oxygen atoms in total. The van der Waals surface area contributed by atoms with Crippen LogP contribution in [0.5, 0.6) is 0 Å². The Labute approximate surface area is 164 Å². The summed E-state index contributed by atoms with van der Waals surface area (Å²) < 4.78 is 46.0. The second kappa shape index (κ2) is 8.81. The summed E-state index contributed by atoms with van der Waals surface area (Å²) in [7, 11) is -4.02. The van der Waals surface area contributed by atoms with Gasteiger partial charge in [0.05, 0.1) is 13.2 Å². The Morgan fingerprint density at radius 2 is 1.86 bits per heavy atom. The van der Waals surface area contributed by atoms with E-state index in [1.54, 1.807) is 0 Å². The molecule has 0 aromatic heterocycles. The maximum atomic E-state index is 14.3. The minimum atomic E-state index is -4.02. The molecular formula is C20H23FN2O4S. The summed E-state index contributed by atoms with van der Waals surface area (Å²) in [6.45, 7) is 3.21. The highest BCUT2D eigenvalue weighted by Crippen LogP contribution is 2.22. The molecule has 3 rings (SSSR count). The lowest BCUT2D eigenvalue weighted by atomic mass is 10.0. The minimum Gasteiger partial charge on any atom is -0.379 e. The number of amides is 1. The number of hydrogen-bond donors (Lipinski definition) is 1. The number of morpholine rings is 1. The fraction of sp³-hybridized carbons (Fsp3) is 0.350. The molecular weight excluding hydrogens is 383 g/mol. The lowest BCUT2D eigenvalue weighted by Crippen LogP contribution is -2.41. The Hall–Kier alpha value is -2.29. The van der Waals surface area contributed by atoms with E-state index in [1.165, 1.54) is 10.4 Å². The van der Waals surface area contributed by atoms with Crippen molar-refractivity contribution < 1.29 is 22.3 Å². The second-order valence-electron chi connectivity index (χ2n) is 6.68. The number of sulfonamides is 1. The van der Waals surface area contributed by atoms with Crippen molar-refractivity contribution in [3.63, 3.8) is 0 Å². The molecule has 0 bridgehead atoms. The molecule has 150 valence electrons. The van der Waals surface area contributed by atoms with Crippen molar-refractivity contribution in [3.8, 4) is 0 Å². The first-order valence-electron chi connectivity index (χ1n) is 9.10. The first-order valence-corrected chi connectivity index (χ1v) is 10.5. The average Bonchev–Trinajstić information content (AvgIpc) is 2.73. The molecule has 1 heterocycles. The molecule has 1 aliphatic rings. The zero-order valence-electron chi connectivity index (χ0n) is 15.6. The van der Waals surface area contributed by atoms with Crippen LogP contribution in [0.2, 0.25) is 0 Å². The van der Waals surface area contributed by atoms with Crippen LogP contribution in [0, 0.1) is 5.82 Å². The van der Waals surface area contributed by atoms with Crippen LogP contribution in [0.3, 0.4) is 0 Å². The summed E-state index contributed by atoms with van der Waals surface area (Å²) in [5.41, 5.74) is 1.19. The molecule has 2 aromatic carbocycles. The van der Waals surface area contributed by atoms with E-state index >= 15 is 0 Å². The van der Waals surface area contributed by atoms with Crippen molar-refractivity contribution >= 4 is 15.9 Å². The van der Waals surface area contributed by atoms with E-state index in [1.807, 2.05) is 37.3 Å². The molecule has 1 N–H and O–H groups in total. The standard InChI is InChI=1S/C20H23FN2O4S/c1-15(16-5-3-2-4-6-16)14-22-20(24)17-7-8-18(21)19(13-17)28(25,26)23-9-11-27-12-10-23/h2-8,13,15H,9-12,14H2,1H3,(H,22,24)/t15-/m0/s1. The summed E-state index contributed by atoms with van der Waals surface area (Å²) in [5.74, 6) is -1.23. The van der Waals surface area contributed by atoms with Gasteiger partial charge in [-0.1, -0.05) is 37.3 Å². The van der Waals surface area contributed by atoms with Crippen molar-refractivity contribution in [3.05, 3.63) is 65.5 Å². The molecule has 1 amide bonds. The van der Waals surface area contributed by atoms with Crippen LogP contribution in [0.4, 0.5) is 4.39 Å². The van der Waals surface area contributed by atoms with Crippen LogP contribution in [0.15, 0.2) is 53.4 Å². The molecule has 1 fully saturated rings. The van der Waals surface area contributed by atoms with Crippen molar-refractivity contribution in [1.82, 2.24) is 9.62 Å². The third-order valence-electron chi connectivity index (χ3n) is 4.72. The van der Waals surface area contributed by atoms with E-state index in [-0.39, 0.29) is 37.8 Å². The van der Waals surface area contributed by atoms with Crippen molar-refractivity contribution in [2.75, 3.05) is 32.8 Å². The number of nitrogens with zero attached hydrogens (tertiary/aromatic N) is 1. The van der Waals surface area contributed by atoms with E-state index in [4.69, 9.17) is 4.74 Å². The van der Waals surface area contributed by atoms with Crippen LogP contribution in [-0.2, 0) is 14.8 Å². The molecule has 1 saturated heterocycles. The third kappa shape index (κ3) is 4.57. The Bertz CT molecular complexity index is 928. The first kappa shape index (κ1) is 20.4. The van der Waals surface area contributed by atoms with Gasteiger partial charge in [-0.2, -0.15) is 4.31 Å². The molecule has 0 aliphatic carbocycles. The molecule has 0 spiro atoms. The third-order valence-corrected chi connectivity index (χ3v) is 6.63. The van der Waals surface area contributed by atoms with E-state index in [0.717, 1.165) is 17.7 Å². The van der Waals surface area contributed by atoms with Crippen molar-refractivity contribution in [2.24, 2.45) is 0 Å². The van der Waals surface area contributed by atoms with Crippen LogP contribution in [-0.4, -0.2) is 51.5 Å². The first-order chi connectivity index (χ1) is 13.4. The molecule has 8 heteroatoms. The fourth-order valence-corrected chi connectivity index (χ4v) is 4.51. The number of carbonyl (C=O) groups excluding carboxylic acids is 1. The monoisotopic (exact) mass is 406 g/mol. The van der Waals surface area contributed by atoms with Gasteiger partial charge < -0.3 is 10.1 Å². The van der Waals surface area contributed by atoms with Crippen molar-refractivity contribution in [2.45, 2.75) is 17.7 Å². The largest absolute Gasteiger partial charge is 0.379 e. The van der Waals surface area contributed by atoms with E-state index in [9.17, 15) is 17.6 Å². The van der Waals surface area contributed by atoms with Gasteiger partial charge in [-0.15, -0.1) is 0 Å². The van der Waals surface area contributed by atoms with Crippen molar-refractivity contribution in [1.29, 1.82) is 0 Å². The highest BCUT2D eigenvalue weighted by Gasteiger charge is 2.29. The fourth-order valence-electron chi connectivity index (χ4n) is 3.02. The predicted molar refractivity (Wildman–Crippen MR) is 103 cm³/mol. The van der Waals surface area contributed by atoms with Gasteiger partial charge in [0, 0.05) is 25.2 Å². The van der Waals surface area contributed by atoms with E-state index < -0.39 is 26.6 Å². The normalized spacial score (nSPS) is 16.5. The van der Waals surface area contributed by atoms with Gasteiger partial charge in [0.1, 0.15) is 10.7 Å². The molecule has 28 heavy (non-hydrogen) atoms. The lowest BCUT2D eigenvalue weighted by Gasteiger charge is -2.26. The van der Waals surface area contributed by atoms with E-state index in [2.05, 4.69) is 5.32 Å². The number of benzene rings is 2. The summed E-state index contributed by atoms with van der Waals surface area (Å²) in [5, 5.41) is 2.79. The number of halogens is 1. The van der Waals surface area contributed by atoms with Gasteiger partial charge in [-0.05, 0) is 29.7 Å². The Kier molecular flexibility index (Phi) is 6.43. The van der Waals surface area contributed by atoms with Gasteiger partial charge in [-0.25, -0.2) is 12.8 Å². The predicted octanol–water partition coefficient (Wildman–Crippen LogP) is 2.38. The SMILES string of the molecule is C[C@@H](CNC(=O)c1ccc(F)c(S(=O)(=O)N2CCOCC2)c1)c1ccccc1. The molecule has 2 aromatic rings. The van der Waals surface area contributed by atoms with Crippen LogP contribution in [0.25, 0.3) is 0 Å². The zero-order valence-corrected chi connectivity index (χ0v) is 16.4. The van der Waals surface area contributed by atoms with Gasteiger partial charge in [0.15, 0.2) is 0 Å². The molecule has 1 aliphatic heterocycles. The van der Waals surface area contributed by atoms with Gasteiger partial charge >= 0.3 is 0 Å². The van der Waals surface area contributed by atoms with Crippen LogP contribution in [0.1, 0.15) is 28.8 Å². The molecule has 0 unspecified atom stereocenters. The Morgan fingerprint density at radius 3 is 2.54 bits per heavy atom. The van der Waals surface area contributed by atoms with Gasteiger partial charge in [0.2, 0.25) is 10.0 Å². The number of hydrogen-bond acceptors (Lipinski definition) is 4. The van der Waals surface area contributed by atoms with Crippen LogP contribution < -0.4 is 5.32 Å². The summed E-state index contributed by atoms with van der Waals surface area (Å²) in [6, 6.07) is 13.1. The topological polar surface area (TPSA) is 75.7 Å². The maximum absolute atomic E-state index is 14.3. The highest BCUT2D eigenvalue weighted by molar-refractivity contribution is 7.89. The quantitative estimate of drug-likeness (QED) is 0.799. The molecule has 0 radical (unpaired) electrons. The number of rotatable bonds is 6. The molecule has 0 saturated carbocycles. The van der Waals surface area contributed by atoms with E-state index in [0.29, 0.717) is 6.54 Å². The smallest absolute Gasteiger partial charge is 0.251 e. The number of ether oxygens (including phenoxy) is 1. The Morgan fingerprint density at radius 1 is 1.18 bits per heavy atom.